The number of ether oxygens (including phenoxy) is 2. The smallest absolute Gasteiger partial charge is 0.260 e. The van der Waals surface area contributed by atoms with Gasteiger partial charge in [0, 0.05) is 18.3 Å². The first kappa shape index (κ1) is 25.5. The van der Waals surface area contributed by atoms with Crippen LogP contribution in [0.5, 0.6) is 11.5 Å². The molecule has 0 saturated heterocycles. The van der Waals surface area contributed by atoms with Gasteiger partial charge in [0.25, 0.3) is 5.91 Å². The highest BCUT2D eigenvalue weighted by molar-refractivity contribution is 7.80. The molecule has 180 valence electrons. The number of carbonyl (C=O) groups is 2. The monoisotopic (exact) mass is 489 g/mol. The van der Waals surface area contributed by atoms with Crippen LogP contribution in [0.2, 0.25) is 0 Å². The first-order valence-corrected chi connectivity index (χ1v) is 11.4. The van der Waals surface area contributed by atoms with E-state index in [-0.39, 0.29) is 11.0 Å². The first-order chi connectivity index (χ1) is 17.0. The maximum absolute atomic E-state index is 13.3. The van der Waals surface area contributed by atoms with Crippen LogP contribution < -0.4 is 25.0 Å². The highest BCUT2D eigenvalue weighted by Gasteiger charge is 2.19. The van der Waals surface area contributed by atoms with Gasteiger partial charge in [-0.05, 0) is 67.2 Å². The summed E-state index contributed by atoms with van der Waals surface area (Å²) in [6.45, 7) is 2.41. The van der Waals surface area contributed by atoms with Gasteiger partial charge >= 0.3 is 0 Å². The van der Waals surface area contributed by atoms with E-state index in [9.17, 15) is 9.59 Å². The molecule has 3 aromatic rings. The summed E-state index contributed by atoms with van der Waals surface area (Å²) in [4.78, 5) is 27.4. The van der Waals surface area contributed by atoms with E-state index in [0.29, 0.717) is 29.3 Å². The van der Waals surface area contributed by atoms with Crippen LogP contribution in [0.25, 0.3) is 6.08 Å². The maximum Gasteiger partial charge on any atom is 0.260 e. The molecule has 0 saturated carbocycles. The van der Waals surface area contributed by atoms with E-state index in [4.69, 9.17) is 21.7 Å². The van der Waals surface area contributed by atoms with Gasteiger partial charge in [-0.3, -0.25) is 14.9 Å². The average molecular weight is 490 g/mol. The number of anilines is 2. The highest BCUT2D eigenvalue weighted by Crippen LogP contribution is 2.28. The Kier molecular flexibility index (Phi) is 8.97. The highest BCUT2D eigenvalue weighted by atomic mass is 32.1. The van der Waals surface area contributed by atoms with Crippen molar-refractivity contribution in [2.45, 2.75) is 6.92 Å². The van der Waals surface area contributed by atoms with Crippen molar-refractivity contribution >= 4 is 46.6 Å². The second-order valence-electron chi connectivity index (χ2n) is 7.32. The van der Waals surface area contributed by atoms with Crippen LogP contribution in [0.4, 0.5) is 11.4 Å². The van der Waals surface area contributed by atoms with Gasteiger partial charge in [-0.2, -0.15) is 0 Å². The number of nitrogens with one attached hydrogen (secondary N) is 2. The van der Waals surface area contributed by atoms with E-state index < -0.39 is 5.91 Å². The van der Waals surface area contributed by atoms with Crippen LogP contribution in [0.15, 0.2) is 78.9 Å². The largest absolute Gasteiger partial charge is 0.493 e. The summed E-state index contributed by atoms with van der Waals surface area (Å²) in [5.74, 6) is 0.566. The molecule has 0 atom stereocenters. The van der Waals surface area contributed by atoms with Crippen molar-refractivity contribution in [1.82, 2.24) is 5.32 Å². The average Bonchev–Trinajstić information content (AvgIpc) is 2.88. The fourth-order valence-electron chi connectivity index (χ4n) is 3.41. The number of amides is 2. The van der Waals surface area contributed by atoms with E-state index in [0.717, 1.165) is 11.3 Å². The topological polar surface area (TPSA) is 79.9 Å². The Labute approximate surface area is 210 Å². The Morgan fingerprint density at radius 2 is 1.63 bits per heavy atom. The van der Waals surface area contributed by atoms with E-state index in [1.54, 1.807) is 67.7 Å². The predicted molar refractivity (Wildman–Crippen MR) is 143 cm³/mol. The molecule has 0 heterocycles. The Hall–Kier alpha value is -4.17. The van der Waals surface area contributed by atoms with Gasteiger partial charge in [0.05, 0.1) is 25.5 Å². The number of carbonyl (C=O) groups excluding carboxylic acids is 2. The maximum atomic E-state index is 13.3. The van der Waals surface area contributed by atoms with Crippen molar-refractivity contribution in [3.63, 3.8) is 0 Å². The number of para-hydroxylation sites is 2. The Morgan fingerprint density at radius 3 is 2.31 bits per heavy atom. The van der Waals surface area contributed by atoms with Gasteiger partial charge in [0.15, 0.2) is 16.6 Å². The summed E-state index contributed by atoms with van der Waals surface area (Å²) >= 11 is 5.31. The van der Waals surface area contributed by atoms with Crippen LogP contribution in [0, 0.1) is 0 Å². The lowest BCUT2D eigenvalue weighted by Crippen LogP contribution is -2.35. The quantitative estimate of drug-likeness (QED) is 0.346. The fourth-order valence-corrected chi connectivity index (χ4v) is 3.62. The van der Waals surface area contributed by atoms with Gasteiger partial charge in [0.1, 0.15) is 0 Å². The van der Waals surface area contributed by atoms with Crippen LogP contribution >= 0.6 is 12.2 Å². The lowest BCUT2D eigenvalue weighted by Gasteiger charge is -2.22. The van der Waals surface area contributed by atoms with Crippen LogP contribution in [0.3, 0.4) is 0 Å². The fraction of sp³-hybridized carbons (Fsp3) is 0.148. The zero-order valence-corrected chi connectivity index (χ0v) is 20.6. The third-order valence-electron chi connectivity index (χ3n) is 5.11. The van der Waals surface area contributed by atoms with Gasteiger partial charge in [-0.15, -0.1) is 0 Å². The summed E-state index contributed by atoms with van der Waals surface area (Å²) in [6.07, 6.45) is 3.00. The predicted octanol–water partition coefficient (Wildman–Crippen LogP) is 4.90. The molecule has 0 radical (unpaired) electrons. The molecule has 0 unspecified atom stereocenters. The minimum atomic E-state index is -0.416. The number of hydrogen-bond acceptors (Lipinski definition) is 5. The minimum Gasteiger partial charge on any atom is -0.493 e. The summed E-state index contributed by atoms with van der Waals surface area (Å²) in [6, 6.07) is 21.8. The molecule has 0 aromatic heterocycles. The minimum absolute atomic E-state index is 0.0787. The van der Waals surface area contributed by atoms with Crippen molar-refractivity contribution in [3.05, 3.63) is 90.0 Å². The summed E-state index contributed by atoms with van der Waals surface area (Å²) in [5, 5.41) is 5.65. The zero-order chi connectivity index (χ0) is 25.2. The molecule has 0 fully saturated rings. The molecule has 2 N–H and O–H groups in total. The Balaban J connectivity index is 1.68. The zero-order valence-electron chi connectivity index (χ0n) is 19.8. The molecular weight excluding hydrogens is 462 g/mol. The molecule has 2 amide bonds. The molecule has 8 heteroatoms. The first-order valence-electron chi connectivity index (χ1n) is 10.9. The standard InChI is InChI=1S/C27H27N3O4S/c1-4-30(20-10-6-5-7-11-20)26(32)21-12-8-9-13-22(21)28-27(35)29-25(31)17-15-19-14-16-23(33-2)24(18-19)34-3/h5-18H,4H2,1-3H3,(H2,28,29,31,35)/b17-15+. The van der Waals surface area contributed by atoms with E-state index in [2.05, 4.69) is 10.6 Å². The Bertz CT molecular complexity index is 1230. The molecule has 0 aliphatic heterocycles. The van der Waals surface area contributed by atoms with Gasteiger partial charge in [-0.1, -0.05) is 36.4 Å². The van der Waals surface area contributed by atoms with Crippen molar-refractivity contribution in [2.75, 3.05) is 31.0 Å². The van der Waals surface area contributed by atoms with Crippen molar-refractivity contribution < 1.29 is 19.1 Å². The number of nitrogens with zero attached hydrogens (tertiary/aromatic N) is 1. The molecule has 35 heavy (non-hydrogen) atoms. The van der Waals surface area contributed by atoms with E-state index >= 15 is 0 Å². The normalized spacial score (nSPS) is 10.5. The number of thiocarbonyl (C=S) groups is 1. The molecule has 7 nitrogen and oxygen atoms in total. The number of rotatable bonds is 8. The van der Waals surface area contributed by atoms with Gasteiger partial charge in [-0.25, -0.2) is 0 Å². The van der Waals surface area contributed by atoms with Gasteiger partial charge < -0.3 is 19.7 Å². The summed E-state index contributed by atoms with van der Waals surface area (Å²) in [7, 11) is 3.10. The Morgan fingerprint density at radius 1 is 0.943 bits per heavy atom. The second-order valence-corrected chi connectivity index (χ2v) is 7.73. The second kappa shape index (κ2) is 12.3. The number of methoxy groups -OCH3 is 2. The van der Waals surface area contributed by atoms with Crippen LogP contribution in [-0.2, 0) is 4.79 Å². The van der Waals surface area contributed by atoms with Crippen molar-refractivity contribution in [1.29, 1.82) is 0 Å². The molecule has 3 rings (SSSR count). The third-order valence-corrected chi connectivity index (χ3v) is 5.31. The number of hydrogen-bond donors (Lipinski definition) is 2. The molecule has 0 spiro atoms. The molecule has 3 aromatic carbocycles. The molecule has 0 aliphatic rings. The van der Waals surface area contributed by atoms with Crippen molar-refractivity contribution in [2.24, 2.45) is 0 Å². The lowest BCUT2D eigenvalue weighted by atomic mass is 10.1. The van der Waals surface area contributed by atoms with Crippen molar-refractivity contribution in [3.8, 4) is 11.5 Å². The molecule has 0 aliphatic carbocycles. The molecular formula is C27H27N3O4S. The van der Waals surface area contributed by atoms with Crippen LogP contribution in [0.1, 0.15) is 22.8 Å². The van der Waals surface area contributed by atoms with E-state index in [1.165, 1.54) is 6.08 Å². The molecule has 0 bridgehead atoms. The summed E-state index contributed by atoms with van der Waals surface area (Å²) < 4.78 is 10.5. The van der Waals surface area contributed by atoms with Gasteiger partial charge in [0.2, 0.25) is 5.91 Å². The lowest BCUT2D eigenvalue weighted by molar-refractivity contribution is -0.115. The SMILES string of the molecule is CCN(C(=O)c1ccccc1NC(=S)NC(=O)/C=C/c1ccc(OC)c(OC)c1)c1ccccc1. The number of benzene rings is 3. The third kappa shape index (κ3) is 6.68. The van der Waals surface area contributed by atoms with Crippen LogP contribution in [-0.4, -0.2) is 37.7 Å². The van der Waals surface area contributed by atoms with E-state index in [1.807, 2.05) is 37.3 Å². The summed E-state index contributed by atoms with van der Waals surface area (Å²) in [5.41, 5.74) is 2.50.